The first kappa shape index (κ1) is 26.6. The van der Waals surface area contributed by atoms with E-state index in [-0.39, 0.29) is 16.2 Å². The van der Waals surface area contributed by atoms with Crippen LogP contribution in [0.3, 0.4) is 0 Å². The molecular formula is C27H48O2Si2. The molecule has 176 valence electrons. The molecule has 2 nitrogen and oxygen atoms in total. The standard InChI is InChI=1S/C27H48O2Si2/c1-20(2)30(21(3)4,22(5)6)19-24-18-28-31(26(7,8)9,27(10,11)12)29-25(24)23-16-14-13-15-17-23/h13-17,19-22,25H,18H2,1-12H3/b24-19+. The van der Waals surface area contributed by atoms with Crippen molar-refractivity contribution in [2.75, 3.05) is 6.61 Å². The third-order valence-electron chi connectivity index (χ3n) is 7.58. The Bertz CT molecular complexity index is 716. The van der Waals surface area contributed by atoms with Crippen molar-refractivity contribution in [3.05, 3.63) is 47.2 Å². The van der Waals surface area contributed by atoms with Crippen molar-refractivity contribution in [3.63, 3.8) is 0 Å². The van der Waals surface area contributed by atoms with Crippen molar-refractivity contribution in [2.45, 2.75) is 116 Å². The van der Waals surface area contributed by atoms with E-state index in [4.69, 9.17) is 8.85 Å². The highest BCUT2D eigenvalue weighted by molar-refractivity contribution is 6.88. The van der Waals surface area contributed by atoms with E-state index in [1.54, 1.807) is 0 Å². The highest BCUT2D eigenvalue weighted by atomic mass is 28.4. The van der Waals surface area contributed by atoms with Gasteiger partial charge in [-0.3, -0.25) is 0 Å². The summed E-state index contributed by atoms with van der Waals surface area (Å²) in [6.45, 7) is 29.1. The van der Waals surface area contributed by atoms with Crippen LogP contribution in [0.5, 0.6) is 0 Å². The van der Waals surface area contributed by atoms with Gasteiger partial charge in [0.2, 0.25) is 0 Å². The van der Waals surface area contributed by atoms with E-state index in [1.807, 2.05) is 0 Å². The van der Waals surface area contributed by atoms with Gasteiger partial charge in [-0.1, -0.05) is 119 Å². The zero-order valence-electron chi connectivity index (χ0n) is 22.3. The van der Waals surface area contributed by atoms with Crippen LogP contribution in [-0.2, 0) is 8.85 Å². The van der Waals surface area contributed by atoms with Gasteiger partial charge in [0, 0.05) is 10.1 Å². The predicted octanol–water partition coefficient (Wildman–Crippen LogP) is 8.96. The van der Waals surface area contributed by atoms with Crippen molar-refractivity contribution in [1.82, 2.24) is 0 Å². The third kappa shape index (κ3) is 4.83. The number of benzene rings is 1. The SMILES string of the molecule is CC(C)[Si](/C=C1\CO[Si](C(C)(C)C)(C(C)(C)C)OC1c1ccccc1)(C(C)C)C(C)C. The molecule has 4 heteroatoms. The lowest BCUT2D eigenvalue weighted by Crippen LogP contribution is -2.60. The van der Waals surface area contributed by atoms with Gasteiger partial charge in [-0.15, -0.1) is 0 Å². The molecule has 0 saturated carbocycles. The molecule has 0 aromatic heterocycles. The maximum atomic E-state index is 7.26. The van der Waals surface area contributed by atoms with Gasteiger partial charge in [-0.2, -0.15) is 0 Å². The lowest BCUT2D eigenvalue weighted by Gasteiger charge is -2.54. The van der Waals surface area contributed by atoms with Crippen LogP contribution in [-0.4, -0.2) is 23.2 Å². The molecule has 0 radical (unpaired) electrons. The summed E-state index contributed by atoms with van der Waals surface area (Å²) in [7, 11) is -4.29. The average Bonchev–Trinajstić information content (AvgIpc) is 2.64. The summed E-state index contributed by atoms with van der Waals surface area (Å²) in [5.74, 6) is 0. The van der Waals surface area contributed by atoms with Crippen LogP contribution < -0.4 is 0 Å². The normalized spacial score (nSPS) is 22.0. The minimum Gasteiger partial charge on any atom is -0.389 e. The largest absolute Gasteiger partial charge is 0.389 e. The first-order valence-corrected chi connectivity index (χ1v) is 16.3. The first-order chi connectivity index (χ1) is 14.1. The molecule has 31 heavy (non-hydrogen) atoms. The maximum absolute atomic E-state index is 7.26. The summed E-state index contributed by atoms with van der Waals surface area (Å²) < 4.78 is 14.2. The minimum absolute atomic E-state index is 0.0109. The van der Waals surface area contributed by atoms with Gasteiger partial charge >= 0.3 is 8.56 Å². The monoisotopic (exact) mass is 460 g/mol. The Kier molecular flexibility index (Phi) is 7.96. The Morgan fingerprint density at radius 2 is 1.29 bits per heavy atom. The Labute approximate surface area is 195 Å². The van der Waals surface area contributed by atoms with E-state index in [0.29, 0.717) is 23.2 Å². The summed E-state index contributed by atoms with van der Waals surface area (Å²) in [5.41, 5.74) is 7.32. The quantitative estimate of drug-likeness (QED) is 0.408. The van der Waals surface area contributed by atoms with Crippen LogP contribution in [0.4, 0.5) is 0 Å². The summed E-state index contributed by atoms with van der Waals surface area (Å²) in [6.07, 6.45) is -0.0109. The molecule has 1 heterocycles. The molecule has 0 aliphatic carbocycles. The molecule has 0 spiro atoms. The van der Waals surface area contributed by atoms with Crippen LogP contribution in [0, 0.1) is 0 Å². The van der Waals surface area contributed by atoms with Gasteiger partial charge < -0.3 is 8.85 Å². The molecule has 1 aromatic carbocycles. The lowest BCUT2D eigenvalue weighted by molar-refractivity contribution is 0.0602. The molecule has 0 bridgehead atoms. The third-order valence-corrected chi connectivity index (χ3v) is 19.5. The fourth-order valence-corrected chi connectivity index (χ4v) is 17.1. The second kappa shape index (κ2) is 9.28. The molecule has 1 fully saturated rings. The van der Waals surface area contributed by atoms with Crippen molar-refractivity contribution < 1.29 is 8.85 Å². The van der Waals surface area contributed by atoms with E-state index in [0.717, 1.165) is 0 Å². The molecule has 1 aliphatic heterocycles. The lowest BCUT2D eigenvalue weighted by atomic mass is 10.0. The second-order valence-corrected chi connectivity index (χ2v) is 23.0. The van der Waals surface area contributed by atoms with Crippen LogP contribution in [0.15, 0.2) is 41.6 Å². The average molecular weight is 461 g/mol. The second-order valence-electron chi connectivity index (χ2n) is 12.5. The van der Waals surface area contributed by atoms with Crippen LogP contribution in [0.2, 0.25) is 26.7 Å². The molecule has 1 aromatic rings. The van der Waals surface area contributed by atoms with Gasteiger partial charge in [0.25, 0.3) is 0 Å². The van der Waals surface area contributed by atoms with Gasteiger partial charge in [0.15, 0.2) is 0 Å². The Morgan fingerprint density at radius 3 is 1.68 bits per heavy atom. The van der Waals surface area contributed by atoms with Crippen LogP contribution >= 0.6 is 0 Å². The van der Waals surface area contributed by atoms with E-state index in [9.17, 15) is 0 Å². The summed E-state index contributed by atoms with van der Waals surface area (Å²) in [5, 5.41) is -0.0427. The van der Waals surface area contributed by atoms with Crippen molar-refractivity contribution in [1.29, 1.82) is 0 Å². The Balaban J connectivity index is 2.71. The van der Waals surface area contributed by atoms with Gasteiger partial charge in [-0.05, 0) is 27.8 Å². The fraction of sp³-hybridized carbons (Fsp3) is 0.704. The van der Waals surface area contributed by atoms with Crippen molar-refractivity contribution in [3.8, 4) is 0 Å². The molecule has 1 saturated heterocycles. The van der Waals surface area contributed by atoms with Gasteiger partial charge in [-0.25, -0.2) is 0 Å². The van der Waals surface area contributed by atoms with E-state index in [1.165, 1.54) is 11.1 Å². The van der Waals surface area contributed by atoms with Crippen molar-refractivity contribution in [2.24, 2.45) is 0 Å². The predicted molar refractivity (Wildman–Crippen MR) is 141 cm³/mol. The Hall–Kier alpha value is -0.686. The smallest absolute Gasteiger partial charge is 0.350 e. The molecule has 1 atom stereocenters. The zero-order chi connectivity index (χ0) is 23.8. The summed E-state index contributed by atoms with van der Waals surface area (Å²) in [6, 6.07) is 10.8. The zero-order valence-corrected chi connectivity index (χ0v) is 24.3. The highest BCUT2D eigenvalue weighted by Crippen LogP contribution is 2.57. The van der Waals surface area contributed by atoms with Crippen molar-refractivity contribution >= 4 is 16.6 Å². The van der Waals surface area contributed by atoms with Crippen LogP contribution in [0.1, 0.15) is 94.8 Å². The highest BCUT2D eigenvalue weighted by Gasteiger charge is 2.61. The molecule has 1 aliphatic rings. The number of hydrogen-bond acceptors (Lipinski definition) is 2. The van der Waals surface area contributed by atoms with Gasteiger partial charge in [0.05, 0.1) is 20.8 Å². The summed E-state index contributed by atoms with van der Waals surface area (Å²) >= 11 is 0. The maximum Gasteiger partial charge on any atom is 0.350 e. The van der Waals surface area contributed by atoms with E-state index < -0.39 is 16.6 Å². The van der Waals surface area contributed by atoms with E-state index in [2.05, 4.69) is 119 Å². The first-order valence-electron chi connectivity index (χ1n) is 12.2. The van der Waals surface area contributed by atoms with Gasteiger partial charge in [0.1, 0.15) is 0 Å². The van der Waals surface area contributed by atoms with Crippen LogP contribution in [0.25, 0.3) is 0 Å². The molecule has 1 unspecified atom stereocenters. The molecular weight excluding hydrogens is 412 g/mol. The Morgan fingerprint density at radius 1 is 0.839 bits per heavy atom. The molecule has 2 rings (SSSR count). The topological polar surface area (TPSA) is 18.5 Å². The molecule has 0 amide bonds. The fourth-order valence-electron chi connectivity index (χ4n) is 6.30. The summed E-state index contributed by atoms with van der Waals surface area (Å²) in [4.78, 5) is 0. The molecule has 0 N–H and O–H groups in total. The van der Waals surface area contributed by atoms with E-state index >= 15 is 0 Å². The minimum atomic E-state index is -2.56. The number of hydrogen-bond donors (Lipinski definition) is 0. The number of rotatable bonds is 5.